The minimum Gasteiger partial charge on any atom is -0.326 e. The molecule has 1 amide bonds. The minimum absolute atomic E-state index is 0.111. The first kappa shape index (κ1) is 16.8. The van der Waals surface area contributed by atoms with Gasteiger partial charge in [-0.1, -0.05) is 22.0 Å². The van der Waals surface area contributed by atoms with Crippen LogP contribution in [-0.2, 0) is 11.2 Å². The Morgan fingerprint density at radius 3 is 2.71 bits per heavy atom. The second-order valence-corrected chi connectivity index (χ2v) is 7.45. The molecule has 2 aromatic carbocycles. The van der Waals surface area contributed by atoms with Crippen molar-refractivity contribution in [2.45, 2.75) is 13.3 Å². The summed E-state index contributed by atoms with van der Waals surface area (Å²) >= 11 is 4.86. The molecule has 122 valence electrons. The normalized spacial score (nSPS) is 10.6. The van der Waals surface area contributed by atoms with E-state index in [0.717, 1.165) is 31.3 Å². The van der Waals surface area contributed by atoms with Gasteiger partial charge in [0.1, 0.15) is 5.82 Å². The van der Waals surface area contributed by atoms with Crippen LogP contribution < -0.4 is 5.32 Å². The summed E-state index contributed by atoms with van der Waals surface area (Å²) in [7, 11) is 0. The van der Waals surface area contributed by atoms with Gasteiger partial charge in [-0.3, -0.25) is 4.79 Å². The number of hydrogen-bond donors (Lipinski definition) is 1. The van der Waals surface area contributed by atoms with Gasteiger partial charge in [-0.25, -0.2) is 9.37 Å². The van der Waals surface area contributed by atoms with Crippen molar-refractivity contribution in [2.75, 3.05) is 5.32 Å². The van der Waals surface area contributed by atoms with Crippen molar-refractivity contribution in [1.82, 2.24) is 4.98 Å². The molecule has 0 aliphatic rings. The lowest BCUT2D eigenvalue weighted by Crippen LogP contribution is -2.14. The van der Waals surface area contributed by atoms with Crippen LogP contribution in [0.3, 0.4) is 0 Å². The third-order valence-electron chi connectivity index (χ3n) is 3.35. The topological polar surface area (TPSA) is 42.0 Å². The SMILES string of the molecule is Cc1nc(-c2ccc(F)cc2)c(CC(=O)Nc2cccc(Br)c2)s1. The summed E-state index contributed by atoms with van der Waals surface area (Å²) in [4.78, 5) is 17.7. The van der Waals surface area contributed by atoms with Gasteiger partial charge in [-0.05, 0) is 49.4 Å². The maximum absolute atomic E-state index is 13.1. The number of amides is 1. The summed E-state index contributed by atoms with van der Waals surface area (Å²) in [6.07, 6.45) is 0.227. The lowest BCUT2D eigenvalue weighted by atomic mass is 10.1. The van der Waals surface area contributed by atoms with E-state index in [1.165, 1.54) is 23.5 Å². The van der Waals surface area contributed by atoms with Crippen molar-refractivity contribution in [1.29, 1.82) is 0 Å². The number of rotatable bonds is 4. The van der Waals surface area contributed by atoms with Crippen LogP contribution in [0.25, 0.3) is 11.3 Å². The molecule has 0 fully saturated rings. The number of aryl methyl sites for hydroxylation is 1. The monoisotopic (exact) mass is 404 g/mol. The van der Waals surface area contributed by atoms with Crippen LogP contribution in [0.4, 0.5) is 10.1 Å². The van der Waals surface area contributed by atoms with Crippen LogP contribution in [-0.4, -0.2) is 10.9 Å². The van der Waals surface area contributed by atoms with Crippen LogP contribution in [0.2, 0.25) is 0 Å². The Bertz CT molecular complexity index is 877. The Hall–Kier alpha value is -2.05. The Morgan fingerprint density at radius 2 is 2.00 bits per heavy atom. The highest BCUT2D eigenvalue weighted by Gasteiger charge is 2.15. The summed E-state index contributed by atoms with van der Waals surface area (Å²) in [5.41, 5.74) is 2.28. The molecule has 0 bridgehead atoms. The largest absolute Gasteiger partial charge is 0.326 e. The first-order valence-electron chi connectivity index (χ1n) is 7.29. The van der Waals surface area contributed by atoms with Gasteiger partial charge in [0, 0.05) is 20.6 Å². The molecule has 3 aromatic rings. The Kier molecular flexibility index (Phi) is 5.06. The number of aromatic nitrogens is 1. The van der Waals surface area contributed by atoms with Gasteiger partial charge in [0.2, 0.25) is 5.91 Å². The molecule has 3 rings (SSSR count). The lowest BCUT2D eigenvalue weighted by Gasteiger charge is -2.06. The van der Waals surface area contributed by atoms with Crippen molar-refractivity contribution in [3.63, 3.8) is 0 Å². The predicted molar refractivity (Wildman–Crippen MR) is 98.7 cm³/mol. The number of carbonyl (C=O) groups excluding carboxylic acids is 1. The number of hydrogen-bond acceptors (Lipinski definition) is 3. The van der Waals surface area contributed by atoms with Gasteiger partial charge in [0.05, 0.1) is 17.1 Å². The third kappa shape index (κ3) is 4.07. The summed E-state index contributed by atoms with van der Waals surface area (Å²) in [6, 6.07) is 13.6. The fraction of sp³-hybridized carbons (Fsp3) is 0.111. The zero-order valence-electron chi connectivity index (χ0n) is 12.8. The first-order chi connectivity index (χ1) is 11.5. The number of halogens is 2. The Labute approximate surface area is 151 Å². The van der Waals surface area contributed by atoms with Gasteiger partial charge in [0.25, 0.3) is 0 Å². The van der Waals surface area contributed by atoms with Crippen molar-refractivity contribution in [3.05, 3.63) is 68.7 Å². The first-order valence-corrected chi connectivity index (χ1v) is 8.90. The second-order valence-electron chi connectivity index (χ2n) is 5.25. The number of benzene rings is 2. The Balaban J connectivity index is 1.80. The molecule has 6 heteroatoms. The summed E-state index contributed by atoms with van der Waals surface area (Å²) in [5.74, 6) is -0.403. The molecule has 0 saturated heterocycles. The van der Waals surface area contributed by atoms with E-state index < -0.39 is 0 Å². The smallest absolute Gasteiger partial charge is 0.229 e. The predicted octanol–water partition coefficient (Wildman–Crippen LogP) is 5.20. The molecule has 3 nitrogen and oxygen atoms in total. The molecule has 24 heavy (non-hydrogen) atoms. The average Bonchev–Trinajstić information content (AvgIpc) is 2.88. The molecule has 0 atom stereocenters. The maximum atomic E-state index is 13.1. The fourth-order valence-electron chi connectivity index (χ4n) is 2.34. The highest BCUT2D eigenvalue weighted by atomic mass is 79.9. The second kappa shape index (κ2) is 7.23. The zero-order valence-corrected chi connectivity index (χ0v) is 15.2. The van der Waals surface area contributed by atoms with E-state index in [4.69, 9.17) is 0 Å². The molecule has 1 N–H and O–H groups in total. The van der Waals surface area contributed by atoms with E-state index in [9.17, 15) is 9.18 Å². The molecular formula is C18H14BrFN2OS. The quantitative estimate of drug-likeness (QED) is 0.648. The van der Waals surface area contributed by atoms with E-state index >= 15 is 0 Å². The van der Waals surface area contributed by atoms with Crippen molar-refractivity contribution < 1.29 is 9.18 Å². The maximum Gasteiger partial charge on any atom is 0.229 e. The van der Waals surface area contributed by atoms with E-state index in [1.807, 2.05) is 31.2 Å². The Morgan fingerprint density at radius 1 is 1.25 bits per heavy atom. The number of nitrogens with zero attached hydrogens (tertiary/aromatic N) is 1. The highest BCUT2D eigenvalue weighted by Crippen LogP contribution is 2.29. The standard InChI is InChI=1S/C18H14BrFN2OS/c1-11-21-18(12-5-7-14(20)8-6-12)16(24-11)10-17(23)22-15-4-2-3-13(19)9-15/h2-9H,10H2,1H3,(H,22,23). The molecule has 0 spiro atoms. The molecule has 1 aromatic heterocycles. The number of thiazole rings is 1. The van der Waals surface area contributed by atoms with Gasteiger partial charge in [-0.2, -0.15) is 0 Å². The van der Waals surface area contributed by atoms with E-state index in [0.29, 0.717) is 0 Å². The number of nitrogens with one attached hydrogen (secondary N) is 1. The zero-order chi connectivity index (χ0) is 17.1. The van der Waals surface area contributed by atoms with Crippen LogP contribution in [0.15, 0.2) is 53.0 Å². The van der Waals surface area contributed by atoms with Crippen molar-refractivity contribution in [2.24, 2.45) is 0 Å². The van der Waals surface area contributed by atoms with Crippen LogP contribution in [0.1, 0.15) is 9.88 Å². The fourth-order valence-corrected chi connectivity index (χ4v) is 3.70. The highest BCUT2D eigenvalue weighted by molar-refractivity contribution is 9.10. The molecule has 0 radical (unpaired) electrons. The molecule has 0 unspecified atom stereocenters. The number of carbonyl (C=O) groups is 1. The van der Waals surface area contributed by atoms with Gasteiger partial charge in [0.15, 0.2) is 0 Å². The van der Waals surface area contributed by atoms with Crippen LogP contribution in [0, 0.1) is 12.7 Å². The van der Waals surface area contributed by atoms with E-state index in [1.54, 1.807) is 12.1 Å². The van der Waals surface area contributed by atoms with Gasteiger partial charge < -0.3 is 5.32 Å². The van der Waals surface area contributed by atoms with Gasteiger partial charge >= 0.3 is 0 Å². The summed E-state index contributed by atoms with van der Waals surface area (Å²) < 4.78 is 14.0. The number of anilines is 1. The van der Waals surface area contributed by atoms with E-state index in [2.05, 4.69) is 26.2 Å². The molecule has 0 aliphatic heterocycles. The third-order valence-corrected chi connectivity index (χ3v) is 4.82. The molecular weight excluding hydrogens is 391 g/mol. The van der Waals surface area contributed by atoms with Gasteiger partial charge in [-0.15, -0.1) is 11.3 Å². The van der Waals surface area contributed by atoms with Crippen LogP contribution in [0.5, 0.6) is 0 Å². The molecule has 0 saturated carbocycles. The van der Waals surface area contributed by atoms with Crippen molar-refractivity contribution in [3.8, 4) is 11.3 Å². The summed E-state index contributed by atoms with van der Waals surface area (Å²) in [5, 5.41) is 3.75. The lowest BCUT2D eigenvalue weighted by molar-refractivity contribution is -0.115. The average molecular weight is 405 g/mol. The molecule has 0 aliphatic carbocycles. The van der Waals surface area contributed by atoms with Crippen molar-refractivity contribution >= 4 is 38.9 Å². The molecule has 1 heterocycles. The van der Waals surface area contributed by atoms with E-state index in [-0.39, 0.29) is 18.1 Å². The minimum atomic E-state index is -0.292. The summed E-state index contributed by atoms with van der Waals surface area (Å²) in [6.45, 7) is 1.90. The van der Waals surface area contributed by atoms with Crippen LogP contribution >= 0.6 is 27.3 Å².